The molecule has 2 aromatic rings. The molecule has 2 N–H and O–H groups in total. The average Bonchev–Trinajstić information content (AvgIpc) is 2.58. The van der Waals surface area contributed by atoms with Crippen molar-refractivity contribution in [3.63, 3.8) is 0 Å². The Balaban J connectivity index is 2.02. The van der Waals surface area contributed by atoms with Crippen LogP contribution in [0.4, 0.5) is 8.78 Å². The molecule has 5 nitrogen and oxygen atoms in total. The predicted octanol–water partition coefficient (Wildman–Crippen LogP) is 2.35. The van der Waals surface area contributed by atoms with Gasteiger partial charge in [-0.25, -0.2) is 13.6 Å². The van der Waals surface area contributed by atoms with Crippen molar-refractivity contribution in [1.82, 2.24) is 5.32 Å². The average molecular weight is 367 g/mol. The van der Waals surface area contributed by atoms with Crippen LogP contribution in [0.15, 0.2) is 53.4 Å². The number of carboxylic acid groups (broad SMARTS) is 1. The molecule has 0 fully saturated rings. The lowest BCUT2D eigenvalue weighted by molar-refractivity contribution is -0.139. The summed E-state index contributed by atoms with van der Waals surface area (Å²) in [6.45, 7) is 0. The highest BCUT2D eigenvalue weighted by atomic mass is 32.2. The standard InChI is InChI=1S/C17H15F2NO4S/c18-11-6-7-13(14(19)10-11)16(21)20-15(17(22)23)8-9-25(24)12-4-2-1-3-5-12/h1-7,10,15H,8-9H2,(H,20,21)(H,22,23)/t15-,25-/m0/s1. The maximum atomic E-state index is 13.6. The lowest BCUT2D eigenvalue weighted by atomic mass is 10.1. The number of carbonyl (C=O) groups excluding carboxylic acids is 1. The van der Waals surface area contributed by atoms with Crippen LogP contribution in [0.1, 0.15) is 16.8 Å². The van der Waals surface area contributed by atoms with E-state index in [-0.39, 0.29) is 12.2 Å². The zero-order valence-corrected chi connectivity index (χ0v) is 13.8. The fraction of sp³-hybridized carbons (Fsp3) is 0.176. The third-order valence-corrected chi connectivity index (χ3v) is 4.78. The van der Waals surface area contributed by atoms with Gasteiger partial charge < -0.3 is 10.4 Å². The van der Waals surface area contributed by atoms with Crippen LogP contribution in [0.3, 0.4) is 0 Å². The van der Waals surface area contributed by atoms with Gasteiger partial charge in [-0.15, -0.1) is 0 Å². The zero-order valence-electron chi connectivity index (χ0n) is 12.9. The van der Waals surface area contributed by atoms with E-state index in [1.54, 1.807) is 30.3 Å². The SMILES string of the molecule is O=C(N[C@@H](CC[S@](=O)c1ccccc1)C(=O)O)c1ccc(F)cc1F. The molecule has 0 aliphatic rings. The number of carbonyl (C=O) groups is 2. The second kappa shape index (κ2) is 8.48. The molecular formula is C17H15F2NO4S. The van der Waals surface area contributed by atoms with E-state index in [4.69, 9.17) is 0 Å². The third-order valence-electron chi connectivity index (χ3n) is 3.38. The van der Waals surface area contributed by atoms with Gasteiger partial charge in [0.05, 0.1) is 16.4 Å². The maximum Gasteiger partial charge on any atom is 0.326 e. The second-order valence-electron chi connectivity index (χ2n) is 5.14. The summed E-state index contributed by atoms with van der Waals surface area (Å²) in [5.74, 6) is -4.24. The third kappa shape index (κ3) is 5.18. The minimum Gasteiger partial charge on any atom is -0.480 e. The number of rotatable bonds is 7. The van der Waals surface area contributed by atoms with Gasteiger partial charge in [0.15, 0.2) is 0 Å². The first kappa shape index (κ1) is 18.7. The van der Waals surface area contributed by atoms with Crippen molar-refractivity contribution in [1.29, 1.82) is 0 Å². The molecule has 0 saturated carbocycles. The van der Waals surface area contributed by atoms with Crippen LogP contribution in [-0.4, -0.2) is 33.0 Å². The summed E-state index contributed by atoms with van der Waals surface area (Å²) >= 11 is 0. The number of aliphatic carboxylic acids is 1. The molecule has 1 amide bonds. The first-order valence-corrected chi connectivity index (χ1v) is 8.62. The fourth-order valence-electron chi connectivity index (χ4n) is 2.08. The molecule has 2 aromatic carbocycles. The molecule has 0 saturated heterocycles. The van der Waals surface area contributed by atoms with Crippen LogP contribution in [0.5, 0.6) is 0 Å². The molecule has 25 heavy (non-hydrogen) atoms. The second-order valence-corrected chi connectivity index (χ2v) is 6.71. The van der Waals surface area contributed by atoms with Crippen LogP contribution in [0.2, 0.25) is 0 Å². The molecule has 0 aliphatic carbocycles. The molecule has 0 bridgehead atoms. The van der Waals surface area contributed by atoms with Crippen molar-refractivity contribution >= 4 is 22.7 Å². The molecule has 0 radical (unpaired) electrons. The van der Waals surface area contributed by atoms with E-state index in [0.717, 1.165) is 12.1 Å². The van der Waals surface area contributed by atoms with E-state index in [9.17, 15) is 27.7 Å². The summed E-state index contributed by atoms with van der Waals surface area (Å²) in [7, 11) is -1.43. The number of nitrogens with one attached hydrogen (secondary N) is 1. The topological polar surface area (TPSA) is 83.5 Å². The summed E-state index contributed by atoms with van der Waals surface area (Å²) < 4.78 is 38.6. The molecule has 0 heterocycles. The highest BCUT2D eigenvalue weighted by molar-refractivity contribution is 7.85. The largest absolute Gasteiger partial charge is 0.480 e. The lowest BCUT2D eigenvalue weighted by Gasteiger charge is -2.14. The van der Waals surface area contributed by atoms with Crippen molar-refractivity contribution in [2.75, 3.05) is 5.75 Å². The molecule has 2 atom stereocenters. The minimum atomic E-state index is -1.43. The Kier molecular flexibility index (Phi) is 6.35. The molecule has 0 unspecified atom stereocenters. The molecule has 0 spiro atoms. The number of amides is 1. The van der Waals surface area contributed by atoms with Gasteiger partial charge >= 0.3 is 5.97 Å². The molecule has 8 heteroatoms. The van der Waals surface area contributed by atoms with Gasteiger partial charge in [-0.3, -0.25) is 9.00 Å². The van der Waals surface area contributed by atoms with Crippen molar-refractivity contribution in [3.8, 4) is 0 Å². The van der Waals surface area contributed by atoms with Crippen molar-refractivity contribution in [3.05, 3.63) is 65.7 Å². The zero-order chi connectivity index (χ0) is 18.4. The van der Waals surface area contributed by atoms with Crippen molar-refractivity contribution < 1.29 is 27.7 Å². The lowest BCUT2D eigenvalue weighted by Crippen LogP contribution is -2.42. The van der Waals surface area contributed by atoms with E-state index >= 15 is 0 Å². The molecule has 132 valence electrons. The minimum absolute atomic E-state index is 0.00710. The van der Waals surface area contributed by atoms with E-state index in [0.29, 0.717) is 11.0 Å². The summed E-state index contributed by atoms with van der Waals surface area (Å²) in [5.41, 5.74) is -0.461. The van der Waals surface area contributed by atoms with Gasteiger partial charge in [0.2, 0.25) is 0 Å². The van der Waals surface area contributed by atoms with E-state index in [2.05, 4.69) is 5.32 Å². The molecule has 0 aromatic heterocycles. The van der Waals surface area contributed by atoms with Crippen LogP contribution in [-0.2, 0) is 15.6 Å². The quantitative estimate of drug-likeness (QED) is 0.787. The molecule has 0 aliphatic heterocycles. The fourth-order valence-corrected chi connectivity index (χ4v) is 3.23. The highest BCUT2D eigenvalue weighted by Gasteiger charge is 2.23. The van der Waals surface area contributed by atoms with Crippen LogP contribution in [0.25, 0.3) is 0 Å². The Hall–Kier alpha value is -2.61. The Morgan fingerprint density at radius 3 is 2.40 bits per heavy atom. The van der Waals surface area contributed by atoms with Crippen molar-refractivity contribution in [2.24, 2.45) is 0 Å². The summed E-state index contributed by atoms with van der Waals surface area (Å²) in [4.78, 5) is 23.8. The first-order chi connectivity index (χ1) is 11.9. The smallest absolute Gasteiger partial charge is 0.326 e. The van der Waals surface area contributed by atoms with Crippen LogP contribution in [0, 0.1) is 11.6 Å². The summed E-state index contributed by atoms with van der Waals surface area (Å²) in [6.07, 6.45) is -0.106. The van der Waals surface area contributed by atoms with Gasteiger partial charge in [0, 0.05) is 16.7 Å². The summed E-state index contributed by atoms with van der Waals surface area (Å²) in [5, 5.41) is 11.4. The number of carboxylic acids is 1. The predicted molar refractivity (Wildman–Crippen MR) is 87.6 cm³/mol. The van der Waals surface area contributed by atoms with Gasteiger partial charge in [-0.2, -0.15) is 0 Å². The summed E-state index contributed by atoms with van der Waals surface area (Å²) in [6, 6.07) is 9.51. The normalized spacial score (nSPS) is 13.0. The number of hydrogen-bond acceptors (Lipinski definition) is 3. The Morgan fingerprint density at radius 1 is 1.12 bits per heavy atom. The van der Waals surface area contributed by atoms with Gasteiger partial charge in [0.25, 0.3) is 5.91 Å². The monoisotopic (exact) mass is 367 g/mol. The van der Waals surface area contributed by atoms with E-state index in [1.807, 2.05) is 0 Å². The number of hydrogen-bond donors (Lipinski definition) is 2. The Bertz CT molecular complexity index is 798. The molecule has 2 rings (SSSR count). The number of benzene rings is 2. The van der Waals surface area contributed by atoms with Crippen molar-refractivity contribution in [2.45, 2.75) is 17.4 Å². The Labute approximate surface area is 145 Å². The van der Waals surface area contributed by atoms with Crippen LogP contribution >= 0.6 is 0 Å². The maximum absolute atomic E-state index is 13.6. The Morgan fingerprint density at radius 2 is 1.80 bits per heavy atom. The van der Waals surface area contributed by atoms with E-state index in [1.165, 1.54) is 0 Å². The van der Waals surface area contributed by atoms with E-state index < -0.39 is 45.9 Å². The van der Waals surface area contributed by atoms with Gasteiger partial charge in [-0.1, -0.05) is 18.2 Å². The van der Waals surface area contributed by atoms with Crippen LogP contribution < -0.4 is 5.32 Å². The molecular weight excluding hydrogens is 352 g/mol. The van der Waals surface area contributed by atoms with Gasteiger partial charge in [0.1, 0.15) is 17.7 Å². The van der Waals surface area contributed by atoms with Gasteiger partial charge in [-0.05, 0) is 30.7 Å². The highest BCUT2D eigenvalue weighted by Crippen LogP contribution is 2.11. The first-order valence-electron chi connectivity index (χ1n) is 7.30. The number of halogens is 2.